The topological polar surface area (TPSA) is 58.1 Å². The molecule has 0 aliphatic carbocycles. The van der Waals surface area contributed by atoms with Crippen molar-refractivity contribution in [3.8, 4) is 0 Å². The zero-order chi connectivity index (χ0) is 17.6. The largest absolute Gasteiger partial charge is 0.348 e. The van der Waals surface area contributed by atoms with Gasteiger partial charge in [-0.25, -0.2) is 4.39 Å². The molecule has 6 heteroatoms. The van der Waals surface area contributed by atoms with Gasteiger partial charge in [0.25, 0.3) is 5.91 Å². The van der Waals surface area contributed by atoms with Crippen molar-refractivity contribution in [3.63, 3.8) is 0 Å². The third-order valence-corrected chi connectivity index (χ3v) is 4.85. The van der Waals surface area contributed by atoms with Gasteiger partial charge in [0, 0.05) is 36.4 Å². The summed E-state index contributed by atoms with van der Waals surface area (Å²) in [6.45, 7) is 3.34. The number of rotatable bonds is 2. The Morgan fingerprint density at radius 1 is 1.28 bits per heavy atom. The molecule has 3 heterocycles. The van der Waals surface area contributed by atoms with Crippen LogP contribution in [0.2, 0.25) is 0 Å². The predicted molar refractivity (Wildman–Crippen MR) is 93.0 cm³/mol. The molecule has 3 aromatic rings. The number of carbonyl (C=O) groups excluding carboxylic acids is 1. The number of hydrogen-bond donors (Lipinski definition) is 1. The van der Waals surface area contributed by atoms with Crippen LogP contribution in [-0.4, -0.2) is 26.9 Å². The Kier molecular flexibility index (Phi) is 3.67. The van der Waals surface area contributed by atoms with Crippen molar-refractivity contribution in [2.75, 3.05) is 6.54 Å². The molecule has 0 saturated heterocycles. The Labute approximate surface area is 143 Å². The minimum atomic E-state index is -0.449. The second-order valence-corrected chi connectivity index (χ2v) is 6.29. The van der Waals surface area contributed by atoms with E-state index in [2.05, 4.69) is 9.55 Å². The van der Waals surface area contributed by atoms with Crippen LogP contribution < -0.4 is 5.56 Å². The minimum absolute atomic E-state index is 0.0361. The molecule has 1 N–H and O–H groups in total. The summed E-state index contributed by atoms with van der Waals surface area (Å²) in [5.74, 6) is -0.642. The molecular formula is C19H18FN3O2. The quantitative estimate of drug-likeness (QED) is 0.780. The van der Waals surface area contributed by atoms with Crippen LogP contribution in [0, 0.1) is 5.82 Å². The highest BCUT2D eigenvalue weighted by Crippen LogP contribution is 2.31. The molecule has 0 bridgehead atoms. The van der Waals surface area contributed by atoms with Crippen LogP contribution in [-0.2, 0) is 6.54 Å². The van der Waals surface area contributed by atoms with Gasteiger partial charge in [0.15, 0.2) is 0 Å². The maximum Gasteiger partial charge on any atom is 0.255 e. The second-order valence-electron chi connectivity index (χ2n) is 6.29. The van der Waals surface area contributed by atoms with Crippen molar-refractivity contribution in [2.24, 2.45) is 0 Å². The molecule has 1 aliphatic heterocycles. The van der Waals surface area contributed by atoms with Gasteiger partial charge in [-0.15, -0.1) is 0 Å². The van der Waals surface area contributed by atoms with Crippen molar-refractivity contribution in [2.45, 2.75) is 25.9 Å². The van der Waals surface area contributed by atoms with Gasteiger partial charge in [-0.2, -0.15) is 0 Å². The lowest BCUT2D eigenvalue weighted by Gasteiger charge is -2.36. The standard InChI is InChI=1S/C19H18FN3O2/c1-2-16-17-4-3-7-22(17)8-9-23(16)19(25)14-11-18(24)21-15-10-12(20)5-6-13(14)15/h3-7,10-11,16H,2,8-9H2,1H3,(H,21,24). The van der Waals surface area contributed by atoms with Crippen molar-refractivity contribution in [3.05, 3.63) is 70.0 Å². The number of carbonyl (C=O) groups is 1. The fraction of sp³-hybridized carbons (Fsp3) is 0.263. The first-order valence-corrected chi connectivity index (χ1v) is 8.37. The van der Waals surface area contributed by atoms with Crippen LogP contribution in [0.25, 0.3) is 10.9 Å². The lowest BCUT2D eigenvalue weighted by Crippen LogP contribution is -2.42. The fourth-order valence-electron chi connectivity index (χ4n) is 3.70. The Morgan fingerprint density at radius 2 is 2.12 bits per heavy atom. The lowest BCUT2D eigenvalue weighted by atomic mass is 10.0. The molecule has 1 unspecified atom stereocenters. The molecule has 1 atom stereocenters. The molecule has 25 heavy (non-hydrogen) atoms. The molecule has 1 aromatic carbocycles. The Morgan fingerprint density at radius 3 is 2.92 bits per heavy atom. The number of halogens is 1. The van der Waals surface area contributed by atoms with Crippen LogP contribution in [0.1, 0.15) is 35.4 Å². The van der Waals surface area contributed by atoms with E-state index in [1.165, 1.54) is 18.2 Å². The van der Waals surface area contributed by atoms with Crippen LogP contribution in [0.15, 0.2) is 47.4 Å². The molecule has 0 saturated carbocycles. The Hall–Kier alpha value is -2.89. The molecular weight excluding hydrogens is 321 g/mol. The highest BCUT2D eigenvalue weighted by molar-refractivity contribution is 6.06. The van der Waals surface area contributed by atoms with Gasteiger partial charge >= 0.3 is 0 Å². The molecule has 4 rings (SSSR count). The summed E-state index contributed by atoms with van der Waals surface area (Å²) in [7, 11) is 0. The van der Waals surface area contributed by atoms with E-state index < -0.39 is 11.4 Å². The van der Waals surface area contributed by atoms with Gasteiger partial charge in [0.2, 0.25) is 5.56 Å². The Bertz CT molecular complexity index is 1020. The molecule has 1 amide bonds. The summed E-state index contributed by atoms with van der Waals surface area (Å²) in [6.07, 6.45) is 2.80. The lowest BCUT2D eigenvalue weighted by molar-refractivity contribution is 0.0619. The molecule has 0 fully saturated rings. The van der Waals surface area contributed by atoms with Crippen LogP contribution in [0.4, 0.5) is 4.39 Å². The van der Waals surface area contributed by atoms with Gasteiger partial charge in [0.1, 0.15) is 5.82 Å². The molecule has 128 valence electrons. The summed E-state index contributed by atoms with van der Waals surface area (Å²) in [5.41, 5.74) is 1.35. The average molecular weight is 339 g/mol. The third-order valence-electron chi connectivity index (χ3n) is 4.85. The van der Waals surface area contributed by atoms with Gasteiger partial charge in [-0.05, 0) is 36.8 Å². The van der Waals surface area contributed by atoms with Crippen LogP contribution in [0.5, 0.6) is 0 Å². The molecule has 5 nitrogen and oxygen atoms in total. The van der Waals surface area contributed by atoms with Gasteiger partial charge in [-0.3, -0.25) is 9.59 Å². The number of H-pyrrole nitrogens is 1. The smallest absolute Gasteiger partial charge is 0.255 e. The van der Waals surface area contributed by atoms with E-state index in [0.29, 0.717) is 23.0 Å². The SMILES string of the molecule is CCC1c2cccn2CCN1C(=O)c1cc(=O)[nH]c2cc(F)ccc12. The summed E-state index contributed by atoms with van der Waals surface area (Å²) in [5, 5.41) is 0.557. The fourth-order valence-corrected chi connectivity index (χ4v) is 3.70. The number of benzene rings is 1. The van der Waals surface area contributed by atoms with Crippen LogP contribution in [0.3, 0.4) is 0 Å². The number of aromatic nitrogens is 2. The number of hydrogen-bond acceptors (Lipinski definition) is 2. The highest BCUT2D eigenvalue weighted by Gasteiger charge is 2.31. The van der Waals surface area contributed by atoms with E-state index in [1.807, 2.05) is 30.2 Å². The number of amides is 1. The average Bonchev–Trinajstić information content (AvgIpc) is 3.07. The van der Waals surface area contributed by atoms with Crippen molar-refractivity contribution >= 4 is 16.8 Å². The maximum atomic E-state index is 13.5. The van der Waals surface area contributed by atoms with Crippen molar-refractivity contribution < 1.29 is 9.18 Å². The molecule has 0 radical (unpaired) electrons. The number of nitrogens with zero attached hydrogens (tertiary/aromatic N) is 2. The first-order valence-electron chi connectivity index (χ1n) is 8.37. The Balaban J connectivity index is 1.81. The summed E-state index contributed by atoms with van der Waals surface area (Å²) in [6, 6.07) is 9.37. The van der Waals surface area contributed by atoms with E-state index >= 15 is 0 Å². The second kappa shape index (κ2) is 5.88. The van der Waals surface area contributed by atoms with Gasteiger partial charge < -0.3 is 14.5 Å². The first-order chi connectivity index (χ1) is 12.1. The van der Waals surface area contributed by atoms with E-state index in [-0.39, 0.29) is 11.9 Å². The van der Waals surface area contributed by atoms with E-state index in [1.54, 1.807) is 6.07 Å². The van der Waals surface area contributed by atoms with E-state index in [0.717, 1.165) is 18.7 Å². The predicted octanol–water partition coefficient (Wildman–Crippen LogP) is 3.08. The van der Waals surface area contributed by atoms with Crippen molar-refractivity contribution in [1.29, 1.82) is 0 Å². The first kappa shape index (κ1) is 15.6. The third kappa shape index (κ3) is 2.54. The number of fused-ring (bicyclic) bond motifs is 2. The monoisotopic (exact) mass is 339 g/mol. The zero-order valence-electron chi connectivity index (χ0n) is 13.8. The van der Waals surface area contributed by atoms with Crippen molar-refractivity contribution in [1.82, 2.24) is 14.5 Å². The van der Waals surface area contributed by atoms with Gasteiger partial charge in [0.05, 0.1) is 17.1 Å². The molecule has 2 aromatic heterocycles. The number of pyridine rings is 1. The maximum absolute atomic E-state index is 13.5. The van der Waals surface area contributed by atoms with E-state index in [4.69, 9.17) is 0 Å². The number of aromatic amines is 1. The van der Waals surface area contributed by atoms with Gasteiger partial charge in [-0.1, -0.05) is 6.92 Å². The summed E-state index contributed by atoms with van der Waals surface area (Å²) < 4.78 is 15.6. The highest BCUT2D eigenvalue weighted by atomic mass is 19.1. The zero-order valence-corrected chi connectivity index (χ0v) is 13.8. The van der Waals surface area contributed by atoms with Crippen LogP contribution >= 0.6 is 0 Å². The summed E-state index contributed by atoms with van der Waals surface area (Å²) >= 11 is 0. The minimum Gasteiger partial charge on any atom is -0.348 e. The normalized spacial score (nSPS) is 16.9. The summed E-state index contributed by atoms with van der Waals surface area (Å²) in [4.78, 5) is 29.6. The van der Waals surface area contributed by atoms with E-state index in [9.17, 15) is 14.0 Å². The molecule has 0 spiro atoms. The number of nitrogens with one attached hydrogen (secondary N) is 1. The molecule has 1 aliphatic rings.